The highest BCUT2D eigenvalue weighted by Gasteiger charge is 2.32. The topological polar surface area (TPSA) is 72.7 Å². The molecular formula is C15H21NO3. The first-order chi connectivity index (χ1) is 9.20. The molecule has 1 aromatic rings. The number of rotatable bonds is 3. The van der Waals surface area contributed by atoms with Gasteiger partial charge in [-0.2, -0.15) is 0 Å². The lowest BCUT2D eigenvalue weighted by atomic mass is 9.81. The summed E-state index contributed by atoms with van der Waals surface area (Å²) < 4.78 is 0. The Kier molecular flexibility index (Phi) is 3.48. The fourth-order valence-corrected chi connectivity index (χ4v) is 3.17. The average molecular weight is 263 g/mol. The zero-order valence-electron chi connectivity index (χ0n) is 11.0. The van der Waals surface area contributed by atoms with Crippen LogP contribution in [0.15, 0.2) is 12.1 Å². The van der Waals surface area contributed by atoms with Crippen LogP contribution < -0.4 is 5.32 Å². The number of hydrogen-bond donors (Lipinski definition) is 4. The van der Waals surface area contributed by atoms with Gasteiger partial charge in [-0.1, -0.05) is 12.5 Å². The molecule has 104 valence electrons. The summed E-state index contributed by atoms with van der Waals surface area (Å²) in [5, 5.41) is 33.1. The molecule has 0 saturated heterocycles. The van der Waals surface area contributed by atoms with Crippen LogP contribution in [0.25, 0.3) is 0 Å². The third-order valence-corrected chi connectivity index (χ3v) is 4.56. The van der Waals surface area contributed by atoms with Gasteiger partial charge in [0.15, 0.2) is 0 Å². The van der Waals surface area contributed by atoms with Gasteiger partial charge in [0, 0.05) is 17.6 Å². The molecular weight excluding hydrogens is 242 g/mol. The molecule has 0 spiro atoms. The van der Waals surface area contributed by atoms with Gasteiger partial charge in [-0.05, 0) is 42.9 Å². The van der Waals surface area contributed by atoms with Crippen LogP contribution in [-0.2, 0) is 13.0 Å². The molecule has 0 radical (unpaired) electrons. The fourth-order valence-electron chi connectivity index (χ4n) is 3.17. The van der Waals surface area contributed by atoms with E-state index < -0.39 is 6.10 Å². The molecule has 2 aliphatic carbocycles. The van der Waals surface area contributed by atoms with Gasteiger partial charge in [0.25, 0.3) is 0 Å². The molecule has 3 rings (SSSR count). The van der Waals surface area contributed by atoms with Crippen molar-refractivity contribution < 1.29 is 15.3 Å². The van der Waals surface area contributed by atoms with Crippen molar-refractivity contribution in [3.05, 3.63) is 28.8 Å². The zero-order valence-corrected chi connectivity index (χ0v) is 11.0. The number of aliphatic hydroxyl groups excluding tert-OH is 2. The fraction of sp³-hybridized carbons (Fsp3) is 0.600. The normalized spacial score (nSPS) is 26.8. The number of aliphatic hydroxyl groups is 2. The van der Waals surface area contributed by atoms with E-state index in [2.05, 4.69) is 5.32 Å². The quantitative estimate of drug-likeness (QED) is 0.665. The Hall–Kier alpha value is -1.10. The summed E-state index contributed by atoms with van der Waals surface area (Å²) in [7, 11) is 0. The molecule has 1 aromatic carbocycles. The average Bonchev–Trinajstić information content (AvgIpc) is 2.36. The Bertz CT molecular complexity index is 471. The van der Waals surface area contributed by atoms with E-state index in [1.54, 1.807) is 12.1 Å². The van der Waals surface area contributed by atoms with Crippen LogP contribution in [0.3, 0.4) is 0 Å². The van der Waals surface area contributed by atoms with Crippen molar-refractivity contribution in [2.75, 3.05) is 0 Å². The zero-order chi connectivity index (χ0) is 13.4. The summed E-state index contributed by atoms with van der Waals surface area (Å²) in [5.41, 5.74) is 2.34. The Balaban J connectivity index is 1.84. The van der Waals surface area contributed by atoms with E-state index in [1.807, 2.05) is 0 Å². The standard InChI is InChI=1S/C15H21NO3/c17-8-12-10-4-6-13(16-9-2-1-3-9)15(19)11(10)5-7-14(12)18/h5,7,9,13,15-19H,1-4,6,8H2/t13-,15-/m1/s1. The third-order valence-electron chi connectivity index (χ3n) is 4.56. The minimum Gasteiger partial charge on any atom is -0.508 e. The van der Waals surface area contributed by atoms with Crippen molar-refractivity contribution in [3.63, 3.8) is 0 Å². The number of phenols is 1. The highest BCUT2D eigenvalue weighted by Crippen LogP contribution is 2.36. The molecule has 2 aliphatic rings. The summed E-state index contributed by atoms with van der Waals surface area (Å²) >= 11 is 0. The molecule has 4 nitrogen and oxygen atoms in total. The largest absolute Gasteiger partial charge is 0.508 e. The number of benzene rings is 1. The predicted octanol–water partition coefficient (Wildman–Crippen LogP) is 1.37. The van der Waals surface area contributed by atoms with Gasteiger partial charge in [-0.15, -0.1) is 0 Å². The summed E-state index contributed by atoms with van der Waals surface area (Å²) in [5.74, 6) is 0.124. The van der Waals surface area contributed by atoms with Crippen molar-refractivity contribution in [2.24, 2.45) is 0 Å². The van der Waals surface area contributed by atoms with Crippen molar-refractivity contribution in [2.45, 2.75) is 56.9 Å². The van der Waals surface area contributed by atoms with Crippen LogP contribution >= 0.6 is 0 Å². The lowest BCUT2D eigenvalue weighted by Gasteiger charge is -2.37. The molecule has 0 aliphatic heterocycles. The molecule has 19 heavy (non-hydrogen) atoms. The third kappa shape index (κ3) is 2.24. The molecule has 0 bridgehead atoms. The maximum atomic E-state index is 10.5. The van der Waals surface area contributed by atoms with Crippen molar-refractivity contribution >= 4 is 0 Å². The van der Waals surface area contributed by atoms with E-state index in [0.717, 1.165) is 24.0 Å². The van der Waals surface area contributed by atoms with Crippen LogP contribution in [0, 0.1) is 0 Å². The van der Waals surface area contributed by atoms with Crippen LogP contribution in [0.1, 0.15) is 48.5 Å². The van der Waals surface area contributed by atoms with E-state index in [1.165, 1.54) is 19.3 Å². The molecule has 1 saturated carbocycles. The minimum absolute atomic E-state index is 0.0916. The Morgan fingerprint density at radius 2 is 2.00 bits per heavy atom. The molecule has 0 unspecified atom stereocenters. The lowest BCUT2D eigenvalue weighted by molar-refractivity contribution is 0.0985. The molecule has 2 atom stereocenters. The Morgan fingerprint density at radius 3 is 2.63 bits per heavy atom. The second-order valence-corrected chi connectivity index (χ2v) is 5.67. The van der Waals surface area contributed by atoms with Crippen LogP contribution in [-0.4, -0.2) is 27.4 Å². The molecule has 0 heterocycles. The van der Waals surface area contributed by atoms with Gasteiger partial charge in [0.2, 0.25) is 0 Å². The Labute approximate surface area is 113 Å². The van der Waals surface area contributed by atoms with Gasteiger partial charge in [0.05, 0.1) is 12.7 Å². The van der Waals surface area contributed by atoms with Gasteiger partial charge in [0.1, 0.15) is 5.75 Å². The summed E-state index contributed by atoms with van der Waals surface area (Å²) in [4.78, 5) is 0. The first-order valence-electron chi connectivity index (χ1n) is 7.09. The van der Waals surface area contributed by atoms with E-state index in [9.17, 15) is 15.3 Å². The molecule has 1 fully saturated rings. The van der Waals surface area contributed by atoms with E-state index >= 15 is 0 Å². The summed E-state index contributed by atoms with van der Waals surface area (Å²) in [6.07, 6.45) is 4.78. The molecule has 0 aromatic heterocycles. The number of fused-ring (bicyclic) bond motifs is 1. The summed E-state index contributed by atoms with van der Waals surface area (Å²) in [6, 6.07) is 3.99. The first kappa shape index (κ1) is 12.9. The van der Waals surface area contributed by atoms with Gasteiger partial charge in [-0.25, -0.2) is 0 Å². The minimum atomic E-state index is -0.546. The van der Waals surface area contributed by atoms with Gasteiger partial charge in [-0.3, -0.25) is 0 Å². The summed E-state index contributed by atoms with van der Waals surface area (Å²) in [6.45, 7) is -0.178. The van der Waals surface area contributed by atoms with Gasteiger partial charge < -0.3 is 20.6 Å². The molecule has 4 N–H and O–H groups in total. The maximum absolute atomic E-state index is 10.5. The van der Waals surface area contributed by atoms with Crippen LogP contribution in [0.2, 0.25) is 0 Å². The van der Waals surface area contributed by atoms with E-state index in [4.69, 9.17) is 0 Å². The highest BCUT2D eigenvalue weighted by molar-refractivity contribution is 5.46. The number of aromatic hydroxyl groups is 1. The maximum Gasteiger partial charge on any atom is 0.121 e. The first-order valence-corrected chi connectivity index (χ1v) is 7.09. The smallest absolute Gasteiger partial charge is 0.121 e. The second-order valence-electron chi connectivity index (χ2n) is 5.67. The van der Waals surface area contributed by atoms with E-state index in [0.29, 0.717) is 11.6 Å². The Morgan fingerprint density at radius 1 is 1.21 bits per heavy atom. The molecule has 4 heteroatoms. The molecule has 0 amide bonds. The number of hydrogen-bond acceptors (Lipinski definition) is 4. The SMILES string of the molecule is OCc1c(O)ccc2c1CC[C@@H](NC1CCC1)[C@@H]2O. The van der Waals surface area contributed by atoms with Crippen molar-refractivity contribution in [3.8, 4) is 5.75 Å². The van der Waals surface area contributed by atoms with Gasteiger partial charge >= 0.3 is 0 Å². The second kappa shape index (κ2) is 5.12. The van der Waals surface area contributed by atoms with Crippen LogP contribution in [0.5, 0.6) is 5.75 Å². The highest BCUT2D eigenvalue weighted by atomic mass is 16.3. The van der Waals surface area contributed by atoms with Crippen LogP contribution in [0.4, 0.5) is 0 Å². The monoisotopic (exact) mass is 263 g/mol. The van der Waals surface area contributed by atoms with Crippen molar-refractivity contribution in [1.82, 2.24) is 5.32 Å². The van der Waals surface area contributed by atoms with E-state index in [-0.39, 0.29) is 18.4 Å². The van der Waals surface area contributed by atoms with Crippen molar-refractivity contribution in [1.29, 1.82) is 0 Å². The lowest BCUT2D eigenvalue weighted by Crippen LogP contribution is -2.47. The predicted molar refractivity (Wildman–Crippen MR) is 71.9 cm³/mol. The number of nitrogens with one attached hydrogen (secondary N) is 1.